The predicted molar refractivity (Wildman–Crippen MR) is 134 cm³/mol. The topological polar surface area (TPSA) is 104 Å². The van der Waals surface area contributed by atoms with Crippen LogP contribution >= 0.6 is 23.2 Å². The molecule has 0 fully saturated rings. The molecule has 1 aliphatic rings. The van der Waals surface area contributed by atoms with Crippen molar-refractivity contribution in [2.75, 3.05) is 6.54 Å². The summed E-state index contributed by atoms with van der Waals surface area (Å²) in [5.41, 5.74) is 0.733. The van der Waals surface area contributed by atoms with Crippen molar-refractivity contribution in [3.8, 4) is 0 Å². The highest BCUT2D eigenvalue weighted by Gasteiger charge is 2.41. The van der Waals surface area contributed by atoms with Gasteiger partial charge >= 0.3 is 0 Å². The van der Waals surface area contributed by atoms with Gasteiger partial charge in [0, 0.05) is 25.6 Å². The number of fused-ring (bicyclic) bond motifs is 1. The molecule has 35 heavy (non-hydrogen) atoms. The number of amides is 3. The molecule has 1 aliphatic heterocycles. The van der Waals surface area contributed by atoms with E-state index in [0.29, 0.717) is 26.3 Å². The van der Waals surface area contributed by atoms with Crippen molar-refractivity contribution >= 4 is 50.9 Å². The second-order valence-electron chi connectivity index (χ2n) is 8.49. The first-order valence-electron chi connectivity index (χ1n) is 11.2. The molecule has 3 rings (SSSR count). The highest BCUT2D eigenvalue weighted by Crippen LogP contribution is 2.30. The Balaban J connectivity index is 1.85. The Morgan fingerprint density at radius 1 is 1.09 bits per heavy atom. The van der Waals surface area contributed by atoms with E-state index >= 15 is 0 Å². The molecule has 3 amide bonds. The molecule has 0 saturated heterocycles. The summed E-state index contributed by atoms with van der Waals surface area (Å²) < 4.78 is 26.4. The van der Waals surface area contributed by atoms with E-state index < -0.39 is 27.9 Å². The minimum absolute atomic E-state index is 0.0562. The van der Waals surface area contributed by atoms with Crippen LogP contribution in [0.4, 0.5) is 0 Å². The minimum Gasteiger partial charge on any atom is -0.352 e. The number of nitrogens with zero attached hydrogens (tertiary/aromatic N) is 2. The van der Waals surface area contributed by atoms with Crippen molar-refractivity contribution < 1.29 is 22.8 Å². The summed E-state index contributed by atoms with van der Waals surface area (Å²) in [7, 11) is -4.04. The fraction of sp³-hybridized carbons (Fsp3) is 0.375. The normalized spacial score (nSPS) is 15.1. The summed E-state index contributed by atoms with van der Waals surface area (Å²) in [5.74, 6) is -1.47. The van der Waals surface area contributed by atoms with Crippen molar-refractivity contribution in [3.63, 3.8) is 0 Å². The van der Waals surface area contributed by atoms with Gasteiger partial charge in [0.25, 0.3) is 15.9 Å². The van der Waals surface area contributed by atoms with Crippen LogP contribution in [0, 0.1) is 0 Å². The van der Waals surface area contributed by atoms with Crippen molar-refractivity contribution in [1.82, 2.24) is 14.5 Å². The molecule has 2 aromatic carbocycles. The lowest BCUT2D eigenvalue weighted by Crippen LogP contribution is -2.51. The summed E-state index contributed by atoms with van der Waals surface area (Å²) in [6, 6.07) is 9.90. The van der Waals surface area contributed by atoms with Gasteiger partial charge in [-0.1, -0.05) is 48.3 Å². The van der Waals surface area contributed by atoms with Gasteiger partial charge in [0.05, 0.1) is 15.6 Å². The maximum atomic E-state index is 13.4. The molecule has 1 unspecified atom stereocenters. The van der Waals surface area contributed by atoms with Crippen LogP contribution in [0.2, 0.25) is 10.0 Å². The molecule has 0 saturated carbocycles. The second kappa shape index (κ2) is 11.0. The average molecular weight is 540 g/mol. The lowest BCUT2D eigenvalue weighted by molar-refractivity contribution is -0.141. The summed E-state index contributed by atoms with van der Waals surface area (Å²) >= 11 is 12.1. The number of benzene rings is 2. The zero-order chi connectivity index (χ0) is 25.9. The van der Waals surface area contributed by atoms with Crippen LogP contribution in [-0.2, 0) is 26.2 Å². The first kappa shape index (κ1) is 27.0. The maximum absolute atomic E-state index is 13.4. The van der Waals surface area contributed by atoms with E-state index in [1.807, 2.05) is 13.8 Å². The third kappa shape index (κ3) is 5.79. The molecule has 0 spiro atoms. The fourth-order valence-electron chi connectivity index (χ4n) is 3.93. The SMILES string of the molecule is CCC(C(=O)NC(C)C)N(Cc1ccc(Cl)c(Cl)c1)C(=O)CCN1C(=O)c2ccccc2S1(=O)=O. The van der Waals surface area contributed by atoms with Gasteiger partial charge in [-0.2, -0.15) is 0 Å². The predicted octanol–water partition coefficient (Wildman–Crippen LogP) is 3.86. The number of nitrogens with one attached hydrogen (secondary N) is 1. The van der Waals surface area contributed by atoms with Gasteiger partial charge in [-0.05, 0) is 50.1 Å². The Morgan fingerprint density at radius 3 is 2.37 bits per heavy atom. The molecule has 2 aromatic rings. The molecule has 1 heterocycles. The third-order valence-corrected chi connectivity index (χ3v) is 8.17. The van der Waals surface area contributed by atoms with Crippen LogP contribution in [0.1, 0.15) is 49.5 Å². The van der Waals surface area contributed by atoms with Crippen LogP contribution in [0.25, 0.3) is 0 Å². The molecular formula is C24H27Cl2N3O5S. The van der Waals surface area contributed by atoms with Gasteiger partial charge in [-0.15, -0.1) is 0 Å². The molecule has 8 nitrogen and oxygen atoms in total. The first-order chi connectivity index (χ1) is 16.5. The van der Waals surface area contributed by atoms with E-state index in [1.165, 1.54) is 23.1 Å². The quantitative estimate of drug-likeness (QED) is 0.520. The fourth-order valence-corrected chi connectivity index (χ4v) is 5.82. The zero-order valence-electron chi connectivity index (χ0n) is 19.6. The van der Waals surface area contributed by atoms with Crippen LogP contribution in [0.5, 0.6) is 0 Å². The number of hydrogen-bond acceptors (Lipinski definition) is 5. The highest BCUT2D eigenvalue weighted by atomic mass is 35.5. The van der Waals surface area contributed by atoms with Crippen LogP contribution in [0.15, 0.2) is 47.4 Å². The van der Waals surface area contributed by atoms with E-state index in [4.69, 9.17) is 23.2 Å². The Morgan fingerprint density at radius 2 is 1.77 bits per heavy atom. The molecule has 0 aromatic heterocycles. The number of carbonyl (C=O) groups excluding carboxylic acids is 3. The number of halogens is 2. The zero-order valence-corrected chi connectivity index (χ0v) is 22.0. The van der Waals surface area contributed by atoms with E-state index in [0.717, 1.165) is 0 Å². The van der Waals surface area contributed by atoms with Gasteiger partial charge in [0.2, 0.25) is 11.8 Å². The summed E-state index contributed by atoms with van der Waals surface area (Å²) in [6.45, 7) is 5.13. The largest absolute Gasteiger partial charge is 0.352 e. The highest BCUT2D eigenvalue weighted by molar-refractivity contribution is 7.90. The Hall–Kier alpha value is -2.62. The second-order valence-corrected chi connectivity index (χ2v) is 11.1. The van der Waals surface area contributed by atoms with Gasteiger partial charge in [0.1, 0.15) is 10.9 Å². The Kier molecular flexibility index (Phi) is 8.46. The van der Waals surface area contributed by atoms with Crippen molar-refractivity contribution in [2.45, 2.75) is 57.1 Å². The van der Waals surface area contributed by atoms with Crippen molar-refractivity contribution in [3.05, 3.63) is 63.6 Å². The smallest absolute Gasteiger partial charge is 0.269 e. The molecule has 11 heteroatoms. The summed E-state index contributed by atoms with van der Waals surface area (Å²) in [6.07, 6.45) is 0.0454. The van der Waals surface area contributed by atoms with E-state index in [9.17, 15) is 22.8 Å². The molecule has 188 valence electrons. The molecule has 1 atom stereocenters. The van der Waals surface area contributed by atoms with Crippen LogP contribution in [-0.4, -0.2) is 54.0 Å². The van der Waals surface area contributed by atoms with Gasteiger partial charge in [0.15, 0.2) is 0 Å². The summed E-state index contributed by atoms with van der Waals surface area (Å²) in [5, 5.41) is 3.49. The van der Waals surface area contributed by atoms with Gasteiger partial charge in [-0.3, -0.25) is 14.4 Å². The third-order valence-electron chi connectivity index (χ3n) is 5.59. The van der Waals surface area contributed by atoms with Crippen LogP contribution < -0.4 is 5.32 Å². The minimum atomic E-state index is -4.04. The van der Waals surface area contributed by atoms with Crippen LogP contribution in [0.3, 0.4) is 0 Å². The van der Waals surface area contributed by atoms with E-state index in [-0.39, 0.29) is 41.9 Å². The first-order valence-corrected chi connectivity index (χ1v) is 13.4. The lowest BCUT2D eigenvalue weighted by atomic mass is 10.1. The Labute approximate surface area is 215 Å². The van der Waals surface area contributed by atoms with Crippen molar-refractivity contribution in [1.29, 1.82) is 0 Å². The molecule has 1 N–H and O–H groups in total. The number of hydrogen-bond donors (Lipinski definition) is 1. The average Bonchev–Trinajstić information content (AvgIpc) is 2.99. The standard InChI is InChI=1S/C24H27Cl2N3O5S/c1-4-20(23(31)27-15(2)3)28(14-16-9-10-18(25)19(26)13-16)22(30)11-12-29-24(32)17-7-5-6-8-21(17)35(29,33)34/h5-10,13,15,20H,4,11-12,14H2,1-3H3,(H,27,31). The maximum Gasteiger partial charge on any atom is 0.269 e. The molecular weight excluding hydrogens is 513 g/mol. The number of sulfonamides is 1. The number of carbonyl (C=O) groups is 3. The van der Waals surface area contributed by atoms with Gasteiger partial charge in [-0.25, -0.2) is 12.7 Å². The Bertz CT molecular complexity index is 1250. The molecule has 0 aliphatic carbocycles. The molecule has 0 bridgehead atoms. The number of rotatable bonds is 9. The van der Waals surface area contributed by atoms with Crippen molar-refractivity contribution in [2.24, 2.45) is 0 Å². The van der Waals surface area contributed by atoms with E-state index in [1.54, 1.807) is 31.2 Å². The molecule has 0 radical (unpaired) electrons. The summed E-state index contributed by atoms with van der Waals surface area (Å²) in [4.78, 5) is 40.3. The van der Waals surface area contributed by atoms with Gasteiger partial charge < -0.3 is 10.2 Å². The van der Waals surface area contributed by atoms with E-state index in [2.05, 4.69) is 5.32 Å². The lowest BCUT2D eigenvalue weighted by Gasteiger charge is -2.31. The monoisotopic (exact) mass is 539 g/mol.